The number of benzene rings is 2. The molecule has 0 aliphatic rings. The number of hydrogen-bond acceptors (Lipinski definition) is 6. The maximum atomic E-state index is 12.3. The van der Waals surface area contributed by atoms with Crippen LogP contribution in [0, 0.1) is 0 Å². The van der Waals surface area contributed by atoms with Gasteiger partial charge in [0.2, 0.25) is 5.95 Å². The van der Waals surface area contributed by atoms with Crippen LogP contribution in [0.4, 0.5) is 5.95 Å². The molecule has 0 aliphatic heterocycles. The molecule has 0 spiro atoms. The zero-order chi connectivity index (χ0) is 20.5. The average molecular weight is 477 g/mol. The highest BCUT2D eigenvalue weighted by molar-refractivity contribution is 9.10. The lowest BCUT2D eigenvalue weighted by molar-refractivity contribution is 0.102. The normalized spacial score (nSPS) is 11.0. The number of amides is 1. The van der Waals surface area contributed by atoms with Gasteiger partial charge in [-0.15, -0.1) is 11.3 Å². The van der Waals surface area contributed by atoms with E-state index in [2.05, 4.69) is 36.4 Å². The van der Waals surface area contributed by atoms with E-state index < -0.39 is 0 Å². The number of fused-ring (bicyclic) bond motifs is 1. The van der Waals surface area contributed by atoms with Gasteiger partial charge in [-0.05, 0) is 41.8 Å². The van der Waals surface area contributed by atoms with Crippen LogP contribution in [-0.4, -0.2) is 21.0 Å². The largest absolute Gasteiger partial charge is 0.355 e. The number of nitrogens with zero attached hydrogens (tertiary/aromatic N) is 3. The number of nitrogens with one attached hydrogen (secondary N) is 1. The minimum Gasteiger partial charge on any atom is -0.355 e. The van der Waals surface area contributed by atoms with Gasteiger partial charge in [0.15, 0.2) is 5.76 Å². The summed E-state index contributed by atoms with van der Waals surface area (Å²) in [6, 6.07) is 19.0. The van der Waals surface area contributed by atoms with E-state index in [-0.39, 0.29) is 11.9 Å². The van der Waals surface area contributed by atoms with E-state index in [0.717, 1.165) is 26.5 Å². The fourth-order valence-electron chi connectivity index (χ4n) is 3.09. The summed E-state index contributed by atoms with van der Waals surface area (Å²) in [5.74, 6) is 0.713. The van der Waals surface area contributed by atoms with Crippen molar-refractivity contribution in [1.82, 2.24) is 15.1 Å². The number of anilines is 1. The standard InChI is InChI=1S/C22H13BrN4O2S/c23-15-4-1-3-14(11-15)20-16-12-13(6-7-18(16)27-29-20)17-8-9-24-22(25-17)26-21(28)19-5-2-10-30-19/h1-12H,(H,24,25,26,28). The summed E-state index contributed by atoms with van der Waals surface area (Å²) in [4.78, 5) is 21.6. The zero-order valence-electron chi connectivity index (χ0n) is 15.4. The van der Waals surface area contributed by atoms with Crippen molar-refractivity contribution in [3.05, 3.63) is 81.6 Å². The predicted molar refractivity (Wildman–Crippen MR) is 120 cm³/mol. The van der Waals surface area contributed by atoms with Crippen LogP contribution >= 0.6 is 27.3 Å². The molecule has 30 heavy (non-hydrogen) atoms. The minimum absolute atomic E-state index is 0.228. The van der Waals surface area contributed by atoms with Crippen LogP contribution in [-0.2, 0) is 0 Å². The number of aromatic nitrogens is 3. The smallest absolute Gasteiger partial charge is 0.268 e. The highest BCUT2D eigenvalue weighted by atomic mass is 79.9. The number of halogens is 1. The molecule has 3 aromatic heterocycles. The van der Waals surface area contributed by atoms with Gasteiger partial charge in [-0.3, -0.25) is 10.1 Å². The molecule has 0 saturated heterocycles. The molecule has 8 heteroatoms. The fraction of sp³-hybridized carbons (Fsp3) is 0. The van der Waals surface area contributed by atoms with Crippen molar-refractivity contribution in [3.8, 4) is 22.6 Å². The first-order valence-corrected chi connectivity index (χ1v) is 10.7. The summed E-state index contributed by atoms with van der Waals surface area (Å²) < 4.78 is 6.57. The molecule has 0 atom stereocenters. The minimum atomic E-state index is -0.228. The second kappa shape index (κ2) is 7.81. The van der Waals surface area contributed by atoms with Crippen LogP contribution in [0.15, 0.2) is 81.2 Å². The maximum Gasteiger partial charge on any atom is 0.268 e. The van der Waals surface area contributed by atoms with E-state index in [1.165, 1.54) is 11.3 Å². The van der Waals surface area contributed by atoms with Gasteiger partial charge in [-0.1, -0.05) is 45.4 Å². The van der Waals surface area contributed by atoms with E-state index in [9.17, 15) is 4.79 Å². The molecule has 6 nitrogen and oxygen atoms in total. The quantitative estimate of drug-likeness (QED) is 0.342. The Kier molecular flexibility index (Phi) is 4.86. The molecule has 1 amide bonds. The topological polar surface area (TPSA) is 80.9 Å². The molecule has 5 aromatic rings. The zero-order valence-corrected chi connectivity index (χ0v) is 17.8. The van der Waals surface area contributed by atoms with E-state index >= 15 is 0 Å². The Hall–Kier alpha value is -3.36. The van der Waals surface area contributed by atoms with Crippen LogP contribution < -0.4 is 5.32 Å². The fourth-order valence-corrected chi connectivity index (χ4v) is 4.11. The van der Waals surface area contributed by atoms with Gasteiger partial charge in [0.25, 0.3) is 5.91 Å². The van der Waals surface area contributed by atoms with Crippen molar-refractivity contribution in [2.75, 3.05) is 5.32 Å². The molecule has 0 unspecified atom stereocenters. The lowest BCUT2D eigenvalue weighted by Crippen LogP contribution is -2.12. The molecular formula is C22H13BrN4O2S. The van der Waals surface area contributed by atoms with Gasteiger partial charge >= 0.3 is 0 Å². The third kappa shape index (κ3) is 3.62. The summed E-state index contributed by atoms with van der Waals surface area (Å²) in [6.45, 7) is 0. The van der Waals surface area contributed by atoms with Crippen molar-refractivity contribution in [3.63, 3.8) is 0 Å². The molecule has 2 aromatic carbocycles. The van der Waals surface area contributed by atoms with E-state index in [1.54, 1.807) is 18.3 Å². The van der Waals surface area contributed by atoms with Gasteiger partial charge in [0.1, 0.15) is 5.52 Å². The summed E-state index contributed by atoms with van der Waals surface area (Å²) in [5.41, 5.74) is 3.25. The van der Waals surface area contributed by atoms with Crippen LogP contribution in [0.5, 0.6) is 0 Å². The summed E-state index contributed by atoms with van der Waals surface area (Å²) in [5, 5.41) is 9.64. The van der Waals surface area contributed by atoms with E-state index in [0.29, 0.717) is 16.3 Å². The van der Waals surface area contributed by atoms with Crippen LogP contribution in [0.1, 0.15) is 9.67 Å². The van der Waals surface area contributed by atoms with Crippen molar-refractivity contribution >= 4 is 50.0 Å². The van der Waals surface area contributed by atoms with Gasteiger partial charge in [-0.25, -0.2) is 9.97 Å². The second-order valence-electron chi connectivity index (χ2n) is 6.45. The van der Waals surface area contributed by atoms with Gasteiger partial charge < -0.3 is 4.52 Å². The Labute approximate surface area is 183 Å². The van der Waals surface area contributed by atoms with Gasteiger partial charge in [-0.2, -0.15) is 0 Å². The molecule has 146 valence electrons. The first-order chi connectivity index (χ1) is 14.7. The summed E-state index contributed by atoms with van der Waals surface area (Å²) in [7, 11) is 0. The predicted octanol–water partition coefficient (Wildman–Crippen LogP) is 6.03. The van der Waals surface area contributed by atoms with Crippen LogP contribution in [0.25, 0.3) is 33.5 Å². The van der Waals surface area contributed by atoms with Gasteiger partial charge in [0, 0.05) is 21.8 Å². The van der Waals surface area contributed by atoms with Crippen molar-refractivity contribution in [2.24, 2.45) is 0 Å². The first kappa shape index (κ1) is 18.7. The van der Waals surface area contributed by atoms with E-state index in [1.807, 2.05) is 53.9 Å². The Morgan fingerprint density at radius 1 is 1.03 bits per heavy atom. The SMILES string of the molecule is O=C(Nc1nccc(-c2ccc3noc(-c4cccc(Br)c4)c3c2)n1)c1cccs1. The average Bonchev–Trinajstić information content (AvgIpc) is 3.44. The molecule has 0 saturated carbocycles. The number of rotatable bonds is 4. The maximum absolute atomic E-state index is 12.3. The molecule has 0 aliphatic carbocycles. The Balaban J connectivity index is 1.50. The van der Waals surface area contributed by atoms with Crippen LogP contribution in [0.3, 0.4) is 0 Å². The number of hydrogen-bond donors (Lipinski definition) is 1. The lowest BCUT2D eigenvalue weighted by atomic mass is 10.0. The summed E-state index contributed by atoms with van der Waals surface area (Å²) >= 11 is 4.86. The highest BCUT2D eigenvalue weighted by Crippen LogP contribution is 2.33. The monoisotopic (exact) mass is 476 g/mol. The van der Waals surface area contributed by atoms with Crippen LogP contribution in [0.2, 0.25) is 0 Å². The lowest BCUT2D eigenvalue weighted by Gasteiger charge is -2.05. The molecule has 3 heterocycles. The van der Waals surface area contributed by atoms with Crippen molar-refractivity contribution in [1.29, 1.82) is 0 Å². The molecule has 0 radical (unpaired) electrons. The third-order valence-electron chi connectivity index (χ3n) is 4.48. The number of carbonyl (C=O) groups excluding carboxylic acids is 1. The molecular weight excluding hydrogens is 464 g/mol. The Morgan fingerprint density at radius 3 is 2.80 bits per heavy atom. The summed E-state index contributed by atoms with van der Waals surface area (Å²) in [6.07, 6.45) is 1.62. The molecule has 0 bridgehead atoms. The van der Waals surface area contributed by atoms with E-state index in [4.69, 9.17) is 4.52 Å². The first-order valence-electron chi connectivity index (χ1n) is 9.01. The van der Waals surface area contributed by atoms with Gasteiger partial charge in [0.05, 0.1) is 16.0 Å². The highest BCUT2D eigenvalue weighted by Gasteiger charge is 2.14. The Bertz CT molecular complexity index is 1360. The second-order valence-corrected chi connectivity index (χ2v) is 8.31. The molecule has 0 fully saturated rings. The molecule has 1 N–H and O–H groups in total. The van der Waals surface area contributed by atoms with Crippen molar-refractivity contribution < 1.29 is 9.32 Å². The number of carbonyl (C=O) groups is 1. The Morgan fingerprint density at radius 2 is 1.97 bits per heavy atom. The third-order valence-corrected chi connectivity index (χ3v) is 5.85. The number of thiophene rings is 1. The van der Waals surface area contributed by atoms with Crippen molar-refractivity contribution in [2.45, 2.75) is 0 Å². The molecule has 5 rings (SSSR count).